The minimum atomic E-state index is 0.201. The second-order valence-electron chi connectivity index (χ2n) is 14.3. The third kappa shape index (κ3) is 6.95. The maximum absolute atomic E-state index is 6.74. The van der Waals surface area contributed by atoms with Crippen molar-refractivity contribution in [1.29, 1.82) is 0 Å². The Bertz CT molecular complexity index is 933. The molecule has 0 radical (unpaired) electrons. The van der Waals surface area contributed by atoms with E-state index in [0.29, 0.717) is 35.5 Å². The van der Waals surface area contributed by atoms with E-state index in [0.717, 1.165) is 25.7 Å². The Morgan fingerprint density at radius 3 is 1.10 bits per heavy atom. The average molecular weight is 543 g/mol. The molecule has 3 rings (SSSR count). The van der Waals surface area contributed by atoms with Crippen molar-refractivity contribution in [3.05, 3.63) is 33.4 Å². The number of ether oxygens (including phenoxy) is 3. The summed E-state index contributed by atoms with van der Waals surface area (Å²) in [5, 5.41) is 0. The highest BCUT2D eigenvalue weighted by atomic mass is 16.5. The first-order chi connectivity index (χ1) is 18.2. The standard InChI is InChI=1S/C36H62O3/c1-19(2)31-26(12)38-29(33(31)21(5)6)17-16-24(10)36-28(14)39-30(34(36)22(7)8)18-15-23(9)35-27(13)37-25(11)32(35)20(3)4/h19-30H,15-18H2,1-14H3/t23?,24?,25-,26?,27+,28-,29?,30+/m0/s1. The lowest BCUT2D eigenvalue weighted by molar-refractivity contribution is 0.0435. The van der Waals surface area contributed by atoms with Gasteiger partial charge in [-0.1, -0.05) is 69.2 Å². The smallest absolute Gasteiger partial charge is 0.0799 e. The first-order valence-electron chi connectivity index (χ1n) is 16.3. The van der Waals surface area contributed by atoms with E-state index >= 15 is 0 Å². The third-order valence-corrected chi connectivity index (χ3v) is 9.86. The maximum atomic E-state index is 6.74. The van der Waals surface area contributed by atoms with Crippen LogP contribution in [0.25, 0.3) is 0 Å². The van der Waals surface area contributed by atoms with Gasteiger partial charge in [0, 0.05) is 0 Å². The molecule has 3 heteroatoms. The summed E-state index contributed by atoms with van der Waals surface area (Å²) in [6, 6.07) is 0. The first-order valence-corrected chi connectivity index (χ1v) is 16.3. The highest BCUT2D eigenvalue weighted by molar-refractivity contribution is 5.33. The molecular formula is C36H62O3. The van der Waals surface area contributed by atoms with Crippen LogP contribution in [-0.4, -0.2) is 36.6 Å². The van der Waals surface area contributed by atoms with Crippen molar-refractivity contribution in [1.82, 2.24) is 0 Å². The number of rotatable bonds is 12. The van der Waals surface area contributed by atoms with E-state index in [9.17, 15) is 0 Å². The van der Waals surface area contributed by atoms with Crippen molar-refractivity contribution in [2.45, 2.75) is 159 Å². The fraction of sp³-hybridized carbons (Fsp3) is 0.833. The molecule has 0 bridgehead atoms. The summed E-state index contributed by atoms with van der Waals surface area (Å²) < 4.78 is 19.6. The summed E-state index contributed by atoms with van der Waals surface area (Å²) >= 11 is 0. The summed E-state index contributed by atoms with van der Waals surface area (Å²) in [4.78, 5) is 0. The normalized spacial score (nSPS) is 31.8. The van der Waals surface area contributed by atoms with Crippen LogP contribution in [0, 0.1) is 35.5 Å². The van der Waals surface area contributed by atoms with Gasteiger partial charge in [-0.15, -0.1) is 0 Å². The minimum absolute atomic E-state index is 0.201. The quantitative estimate of drug-likeness (QED) is 0.230. The summed E-state index contributed by atoms with van der Waals surface area (Å²) in [5.41, 5.74) is 9.34. The van der Waals surface area contributed by atoms with E-state index in [1.807, 2.05) is 0 Å². The summed E-state index contributed by atoms with van der Waals surface area (Å²) in [5.74, 6) is 3.17. The zero-order valence-electron chi connectivity index (χ0n) is 28.0. The van der Waals surface area contributed by atoms with Crippen LogP contribution in [0.4, 0.5) is 0 Å². The Balaban J connectivity index is 1.74. The summed E-state index contributed by atoms with van der Waals surface area (Å²) in [6.07, 6.45) is 5.91. The summed E-state index contributed by atoms with van der Waals surface area (Å²) in [6.45, 7) is 32.5. The maximum Gasteiger partial charge on any atom is 0.0799 e. The first kappa shape index (κ1) is 32.6. The molecule has 0 saturated carbocycles. The van der Waals surface area contributed by atoms with Crippen molar-refractivity contribution in [2.24, 2.45) is 35.5 Å². The van der Waals surface area contributed by atoms with Crippen molar-refractivity contribution in [2.75, 3.05) is 0 Å². The van der Waals surface area contributed by atoms with E-state index < -0.39 is 0 Å². The lowest BCUT2D eigenvalue weighted by Gasteiger charge is -2.24. The van der Waals surface area contributed by atoms with Gasteiger partial charge in [0.05, 0.1) is 36.6 Å². The molecule has 3 aliphatic rings. The van der Waals surface area contributed by atoms with Gasteiger partial charge in [-0.2, -0.15) is 0 Å². The molecule has 8 atom stereocenters. The Hall–Kier alpha value is -0.900. The van der Waals surface area contributed by atoms with E-state index in [-0.39, 0.29) is 36.6 Å². The highest BCUT2D eigenvalue weighted by Gasteiger charge is 2.39. The lowest BCUT2D eigenvalue weighted by Crippen LogP contribution is -2.19. The lowest BCUT2D eigenvalue weighted by atomic mass is 9.80. The average Bonchev–Trinajstić information content (AvgIpc) is 3.45. The fourth-order valence-corrected chi connectivity index (χ4v) is 8.50. The van der Waals surface area contributed by atoms with Crippen LogP contribution in [0.2, 0.25) is 0 Å². The predicted octanol–water partition coefficient (Wildman–Crippen LogP) is 9.71. The van der Waals surface area contributed by atoms with Crippen molar-refractivity contribution >= 4 is 0 Å². The van der Waals surface area contributed by atoms with Crippen LogP contribution in [0.5, 0.6) is 0 Å². The Kier molecular flexibility index (Phi) is 11.2. The van der Waals surface area contributed by atoms with E-state index in [1.165, 1.54) is 5.57 Å². The van der Waals surface area contributed by atoms with Gasteiger partial charge in [-0.25, -0.2) is 0 Å². The molecule has 3 nitrogen and oxygen atoms in total. The molecule has 3 aliphatic heterocycles. The zero-order chi connectivity index (χ0) is 29.3. The van der Waals surface area contributed by atoms with Gasteiger partial charge in [0.2, 0.25) is 0 Å². The van der Waals surface area contributed by atoms with Gasteiger partial charge < -0.3 is 14.2 Å². The topological polar surface area (TPSA) is 27.7 Å². The van der Waals surface area contributed by atoms with Crippen LogP contribution in [0.1, 0.15) is 123 Å². The molecule has 0 aromatic heterocycles. The second-order valence-corrected chi connectivity index (χ2v) is 14.3. The molecule has 0 aromatic rings. The Morgan fingerprint density at radius 1 is 0.410 bits per heavy atom. The van der Waals surface area contributed by atoms with Gasteiger partial charge >= 0.3 is 0 Å². The van der Waals surface area contributed by atoms with Crippen LogP contribution in [0.3, 0.4) is 0 Å². The monoisotopic (exact) mass is 542 g/mol. The Morgan fingerprint density at radius 2 is 0.692 bits per heavy atom. The van der Waals surface area contributed by atoms with Gasteiger partial charge in [0.15, 0.2) is 0 Å². The van der Waals surface area contributed by atoms with Crippen molar-refractivity contribution in [3.63, 3.8) is 0 Å². The summed E-state index contributed by atoms with van der Waals surface area (Å²) in [7, 11) is 0. The van der Waals surface area contributed by atoms with E-state index in [1.54, 1.807) is 27.9 Å². The number of hydrogen-bond donors (Lipinski definition) is 0. The molecule has 0 aliphatic carbocycles. The SMILES string of the molecule is CC(C)C1=C(C(C)C)C(CCC(C)C2=C(C(C)C)[C@@H](CCC(C)C3=C(C(C)C)[C@H](C)O[C@@H]3C)O[C@H]2C)OC1C. The van der Waals surface area contributed by atoms with Crippen LogP contribution >= 0.6 is 0 Å². The number of hydrogen-bond acceptors (Lipinski definition) is 3. The molecule has 224 valence electrons. The van der Waals surface area contributed by atoms with E-state index in [4.69, 9.17) is 14.2 Å². The van der Waals surface area contributed by atoms with E-state index in [2.05, 4.69) is 96.9 Å². The van der Waals surface area contributed by atoms with Crippen LogP contribution in [-0.2, 0) is 14.2 Å². The van der Waals surface area contributed by atoms with Crippen LogP contribution < -0.4 is 0 Å². The highest BCUT2D eigenvalue weighted by Crippen LogP contribution is 2.44. The molecule has 39 heavy (non-hydrogen) atoms. The molecule has 0 saturated heterocycles. The molecule has 0 N–H and O–H groups in total. The van der Waals surface area contributed by atoms with Gasteiger partial charge in [-0.05, 0) is 122 Å². The molecule has 4 unspecified atom stereocenters. The third-order valence-electron chi connectivity index (χ3n) is 9.86. The predicted molar refractivity (Wildman–Crippen MR) is 166 cm³/mol. The minimum Gasteiger partial charge on any atom is -0.367 e. The molecule has 0 aromatic carbocycles. The fourth-order valence-electron chi connectivity index (χ4n) is 8.50. The van der Waals surface area contributed by atoms with Crippen LogP contribution in [0.15, 0.2) is 33.4 Å². The van der Waals surface area contributed by atoms with Gasteiger partial charge in [0.1, 0.15) is 0 Å². The molecular weight excluding hydrogens is 480 g/mol. The molecule has 0 spiro atoms. The van der Waals surface area contributed by atoms with Crippen molar-refractivity contribution in [3.8, 4) is 0 Å². The molecule has 0 amide bonds. The molecule has 0 fully saturated rings. The molecule has 3 heterocycles. The zero-order valence-corrected chi connectivity index (χ0v) is 28.0. The Labute approximate surface area is 242 Å². The van der Waals surface area contributed by atoms with Crippen molar-refractivity contribution < 1.29 is 14.2 Å². The van der Waals surface area contributed by atoms with Gasteiger partial charge in [0.25, 0.3) is 0 Å². The largest absolute Gasteiger partial charge is 0.367 e. The second kappa shape index (κ2) is 13.4. The van der Waals surface area contributed by atoms with Gasteiger partial charge in [-0.3, -0.25) is 0 Å².